The summed E-state index contributed by atoms with van der Waals surface area (Å²) in [6.07, 6.45) is 3.21. The summed E-state index contributed by atoms with van der Waals surface area (Å²) in [6.45, 7) is 8.59. The van der Waals surface area contributed by atoms with E-state index in [1.807, 2.05) is 0 Å². The average molecular weight is 223 g/mol. The van der Waals surface area contributed by atoms with Gasteiger partial charge in [-0.05, 0) is 32.4 Å². The van der Waals surface area contributed by atoms with Gasteiger partial charge in [0.15, 0.2) is 5.82 Å². The van der Waals surface area contributed by atoms with Crippen molar-refractivity contribution < 1.29 is 4.52 Å². The molecule has 90 valence electrons. The summed E-state index contributed by atoms with van der Waals surface area (Å²) in [5.74, 6) is 2.07. The van der Waals surface area contributed by atoms with Crippen LogP contribution in [0.3, 0.4) is 0 Å². The van der Waals surface area contributed by atoms with Gasteiger partial charge in [0.1, 0.15) is 0 Å². The predicted octanol–water partition coefficient (Wildman–Crippen LogP) is 2.22. The number of hydrogen-bond donors (Lipinski definition) is 1. The monoisotopic (exact) mass is 223 g/mol. The fourth-order valence-electron chi connectivity index (χ4n) is 2.06. The molecule has 4 nitrogen and oxygen atoms in total. The Hall–Kier alpha value is -0.900. The van der Waals surface area contributed by atoms with Crippen molar-refractivity contribution in [1.82, 2.24) is 15.5 Å². The first-order chi connectivity index (χ1) is 7.65. The average Bonchev–Trinajstić information content (AvgIpc) is 2.79. The Labute approximate surface area is 96.8 Å². The Morgan fingerprint density at radius 3 is 2.75 bits per heavy atom. The van der Waals surface area contributed by atoms with Crippen molar-refractivity contribution >= 4 is 0 Å². The molecule has 2 heterocycles. The minimum Gasteiger partial charge on any atom is -0.339 e. The van der Waals surface area contributed by atoms with Crippen LogP contribution >= 0.6 is 0 Å². The third-order valence-corrected chi connectivity index (χ3v) is 3.72. The highest BCUT2D eigenvalue weighted by molar-refractivity contribution is 5.06. The second-order valence-electron chi connectivity index (χ2n) is 5.08. The summed E-state index contributed by atoms with van der Waals surface area (Å²) in [4.78, 5) is 4.57. The number of rotatable bonds is 3. The lowest BCUT2D eigenvalue weighted by Crippen LogP contribution is -2.37. The van der Waals surface area contributed by atoms with E-state index < -0.39 is 0 Å². The largest absolute Gasteiger partial charge is 0.339 e. The number of aromatic nitrogens is 2. The molecule has 4 heteroatoms. The Bertz CT molecular complexity index is 342. The van der Waals surface area contributed by atoms with Crippen LogP contribution < -0.4 is 5.32 Å². The lowest BCUT2D eigenvalue weighted by Gasteiger charge is -2.30. The van der Waals surface area contributed by atoms with E-state index in [9.17, 15) is 0 Å². The molecule has 1 saturated heterocycles. The lowest BCUT2D eigenvalue weighted by molar-refractivity contribution is 0.240. The second-order valence-corrected chi connectivity index (χ2v) is 5.08. The molecule has 0 amide bonds. The van der Waals surface area contributed by atoms with Crippen LogP contribution in [0.2, 0.25) is 0 Å². The van der Waals surface area contributed by atoms with Crippen LogP contribution in [0.15, 0.2) is 4.52 Å². The van der Waals surface area contributed by atoms with E-state index in [0.717, 1.165) is 44.1 Å². The van der Waals surface area contributed by atoms with Gasteiger partial charge in [-0.15, -0.1) is 0 Å². The van der Waals surface area contributed by atoms with Crippen LogP contribution in [0.5, 0.6) is 0 Å². The standard InChI is InChI=1S/C12H21N3O/c1-4-9(2)10-14-11(16-15-10)12(3)5-7-13-8-6-12/h9,13H,4-8H2,1-3H3. The van der Waals surface area contributed by atoms with Gasteiger partial charge in [0.25, 0.3) is 0 Å². The topological polar surface area (TPSA) is 51.0 Å². The van der Waals surface area contributed by atoms with E-state index in [2.05, 4.69) is 36.2 Å². The van der Waals surface area contributed by atoms with Crippen molar-refractivity contribution in [2.24, 2.45) is 0 Å². The molecule has 0 bridgehead atoms. The number of nitrogens with zero attached hydrogens (tertiary/aromatic N) is 2. The Morgan fingerprint density at radius 1 is 1.44 bits per heavy atom. The van der Waals surface area contributed by atoms with Gasteiger partial charge in [-0.25, -0.2) is 0 Å². The van der Waals surface area contributed by atoms with Gasteiger partial charge < -0.3 is 9.84 Å². The van der Waals surface area contributed by atoms with E-state index in [4.69, 9.17) is 4.52 Å². The molecule has 1 fully saturated rings. The van der Waals surface area contributed by atoms with Crippen LogP contribution in [0.1, 0.15) is 57.7 Å². The molecular weight excluding hydrogens is 202 g/mol. The van der Waals surface area contributed by atoms with Gasteiger partial charge in [0.2, 0.25) is 5.89 Å². The molecule has 1 aromatic heterocycles. The highest BCUT2D eigenvalue weighted by Gasteiger charge is 2.34. The Morgan fingerprint density at radius 2 is 2.12 bits per heavy atom. The number of hydrogen-bond acceptors (Lipinski definition) is 4. The van der Waals surface area contributed by atoms with Gasteiger partial charge in [0.05, 0.1) is 0 Å². The van der Waals surface area contributed by atoms with Crippen molar-refractivity contribution in [1.29, 1.82) is 0 Å². The summed E-state index contributed by atoms with van der Waals surface area (Å²) >= 11 is 0. The summed E-state index contributed by atoms with van der Waals surface area (Å²) in [6, 6.07) is 0. The quantitative estimate of drug-likeness (QED) is 0.853. The maximum atomic E-state index is 5.44. The Balaban J connectivity index is 2.17. The van der Waals surface area contributed by atoms with Crippen LogP contribution in [0.4, 0.5) is 0 Å². The molecule has 1 aromatic rings. The second kappa shape index (κ2) is 4.53. The molecule has 1 aliphatic heterocycles. The summed E-state index contributed by atoms with van der Waals surface area (Å²) < 4.78 is 5.44. The fourth-order valence-corrected chi connectivity index (χ4v) is 2.06. The van der Waals surface area contributed by atoms with Crippen molar-refractivity contribution in [2.75, 3.05) is 13.1 Å². The maximum Gasteiger partial charge on any atom is 0.232 e. The summed E-state index contributed by atoms with van der Waals surface area (Å²) in [7, 11) is 0. The van der Waals surface area contributed by atoms with Gasteiger partial charge in [-0.2, -0.15) is 4.98 Å². The minimum atomic E-state index is 0.0734. The molecule has 0 spiro atoms. The Kier molecular flexibility index (Phi) is 3.28. The van der Waals surface area contributed by atoms with Gasteiger partial charge in [-0.1, -0.05) is 25.9 Å². The van der Waals surface area contributed by atoms with E-state index in [0.29, 0.717) is 5.92 Å². The van der Waals surface area contributed by atoms with E-state index >= 15 is 0 Å². The zero-order chi connectivity index (χ0) is 11.6. The third kappa shape index (κ3) is 2.12. The van der Waals surface area contributed by atoms with Crippen molar-refractivity contribution in [3.8, 4) is 0 Å². The highest BCUT2D eigenvalue weighted by Crippen LogP contribution is 2.32. The van der Waals surface area contributed by atoms with Crippen LogP contribution in [0, 0.1) is 0 Å². The van der Waals surface area contributed by atoms with Crippen molar-refractivity contribution in [3.63, 3.8) is 0 Å². The highest BCUT2D eigenvalue weighted by atomic mass is 16.5. The van der Waals surface area contributed by atoms with E-state index in [1.165, 1.54) is 0 Å². The smallest absolute Gasteiger partial charge is 0.232 e. The zero-order valence-corrected chi connectivity index (χ0v) is 10.4. The number of nitrogens with one attached hydrogen (secondary N) is 1. The molecule has 0 saturated carbocycles. The third-order valence-electron chi connectivity index (χ3n) is 3.72. The predicted molar refractivity (Wildman–Crippen MR) is 62.5 cm³/mol. The van der Waals surface area contributed by atoms with Crippen LogP contribution in [-0.2, 0) is 5.41 Å². The SMILES string of the molecule is CCC(C)c1noc(C2(C)CCNCC2)n1. The zero-order valence-electron chi connectivity index (χ0n) is 10.4. The molecule has 2 rings (SSSR count). The van der Waals surface area contributed by atoms with E-state index in [-0.39, 0.29) is 5.41 Å². The molecule has 1 atom stereocenters. The number of piperidine rings is 1. The molecular formula is C12H21N3O. The maximum absolute atomic E-state index is 5.44. The van der Waals surface area contributed by atoms with Crippen LogP contribution in [-0.4, -0.2) is 23.2 Å². The molecule has 1 unspecified atom stereocenters. The summed E-state index contributed by atoms with van der Waals surface area (Å²) in [5, 5.41) is 7.46. The minimum absolute atomic E-state index is 0.0734. The molecule has 1 N–H and O–H groups in total. The molecule has 0 aromatic carbocycles. The molecule has 0 radical (unpaired) electrons. The molecule has 16 heavy (non-hydrogen) atoms. The molecule has 0 aliphatic carbocycles. The summed E-state index contributed by atoms with van der Waals surface area (Å²) in [5.41, 5.74) is 0.0734. The van der Waals surface area contributed by atoms with Gasteiger partial charge in [0, 0.05) is 11.3 Å². The van der Waals surface area contributed by atoms with Crippen LogP contribution in [0.25, 0.3) is 0 Å². The fraction of sp³-hybridized carbons (Fsp3) is 0.833. The first kappa shape index (κ1) is 11.6. The van der Waals surface area contributed by atoms with Gasteiger partial charge in [-0.3, -0.25) is 0 Å². The van der Waals surface area contributed by atoms with Crippen molar-refractivity contribution in [2.45, 2.75) is 51.4 Å². The van der Waals surface area contributed by atoms with Crippen molar-refractivity contribution in [3.05, 3.63) is 11.7 Å². The lowest BCUT2D eigenvalue weighted by atomic mass is 9.81. The first-order valence-electron chi connectivity index (χ1n) is 6.20. The van der Waals surface area contributed by atoms with Gasteiger partial charge >= 0.3 is 0 Å². The molecule has 1 aliphatic rings. The first-order valence-corrected chi connectivity index (χ1v) is 6.20. The normalized spacial score (nSPS) is 21.9. The van der Waals surface area contributed by atoms with E-state index in [1.54, 1.807) is 0 Å².